The highest BCUT2D eigenvalue weighted by Gasteiger charge is 2.18. The molecule has 5 nitrogen and oxygen atoms in total. The zero-order valence-corrected chi connectivity index (χ0v) is 12.4. The molecule has 2 aromatic rings. The SMILES string of the molecule is CNc1nnc(SCc2cc(Cl)c3c(c2)OCO3)s1. The third kappa shape index (κ3) is 2.72. The molecule has 19 heavy (non-hydrogen) atoms. The van der Waals surface area contributed by atoms with E-state index in [-0.39, 0.29) is 6.79 Å². The van der Waals surface area contributed by atoms with Gasteiger partial charge in [0.15, 0.2) is 15.8 Å². The molecule has 1 N–H and O–H groups in total. The number of nitrogens with one attached hydrogen (secondary N) is 1. The molecule has 0 aliphatic carbocycles. The number of hydrogen-bond acceptors (Lipinski definition) is 7. The van der Waals surface area contributed by atoms with Gasteiger partial charge in [-0.1, -0.05) is 34.7 Å². The second-order valence-electron chi connectivity index (χ2n) is 3.72. The quantitative estimate of drug-likeness (QED) is 0.874. The van der Waals surface area contributed by atoms with Crippen LogP contribution in [0.1, 0.15) is 5.56 Å². The van der Waals surface area contributed by atoms with E-state index < -0.39 is 0 Å². The minimum atomic E-state index is 0.230. The molecule has 0 atom stereocenters. The van der Waals surface area contributed by atoms with Gasteiger partial charge in [0, 0.05) is 12.8 Å². The summed E-state index contributed by atoms with van der Waals surface area (Å²) in [6, 6.07) is 3.84. The van der Waals surface area contributed by atoms with Crippen LogP contribution >= 0.6 is 34.7 Å². The van der Waals surface area contributed by atoms with Crippen molar-refractivity contribution in [3.8, 4) is 11.5 Å². The third-order valence-electron chi connectivity index (χ3n) is 2.47. The molecule has 1 aliphatic rings. The van der Waals surface area contributed by atoms with E-state index in [1.165, 1.54) is 11.3 Å². The van der Waals surface area contributed by atoms with E-state index in [0.717, 1.165) is 20.8 Å². The summed E-state index contributed by atoms with van der Waals surface area (Å²) in [7, 11) is 1.83. The van der Waals surface area contributed by atoms with E-state index in [0.29, 0.717) is 16.5 Å². The van der Waals surface area contributed by atoms with Gasteiger partial charge in [0.2, 0.25) is 11.9 Å². The second kappa shape index (κ2) is 5.44. The minimum Gasteiger partial charge on any atom is -0.454 e. The van der Waals surface area contributed by atoms with Gasteiger partial charge in [0.1, 0.15) is 0 Å². The summed E-state index contributed by atoms with van der Waals surface area (Å²) in [6.45, 7) is 0.230. The van der Waals surface area contributed by atoms with Crippen LogP contribution in [0.5, 0.6) is 11.5 Å². The highest BCUT2D eigenvalue weighted by atomic mass is 35.5. The molecule has 0 saturated carbocycles. The minimum absolute atomic E-state index is 0.230. The fourth-order valence-corrected chi connectivity index (χ4v) is 3.54. The molecule has 1 aromatic heterocycles. The van der Waals surface area contributed by atoms with Crippen molar-refractivity contribution in [3.05, 3.63) is 22.7 Å². The van der Waals surface area contributed by atoms with Gasteiger partial charge in [-0.3, -0.25) is 0 Å². The summed E-state index contributed by atoms with van der Waals surface area (Å²) >= 11 is 9.27. The van der Waals surface area contributed by atoms with Crippen molar-refractivity contribution in [2.45, 2.75) is 10.1 Å². The first-order chi connectivity index (χ1) is 9.26. The third-order valence-corrected chi connectivity index (χ3v) is 4.90. The molecular formula is C11H10ClN3O2S2. The van der Waals surface area contributed by atoms with Crippen molar-refractivity contribution in [2.75, 3.05) is 19.2 Å². The van der Waals surface area contributed by atoms with Crippen LogP contribution in [-0.2, 0) is 5.75 Å². The molecule has 0 unspecified atom stereocenters. The van der Waals surface area contributed by atoms with Gasteiger partial charge in [-0.2, -0.15) is 0 Å². The number of rotatable bonds is 4. The first-order valence-corrected chi connectivity index (χ1v) is 7.66. The van der Waals surface area contributed by atoms with E-state index >= 15 is 0 Å². The molecule has 0 radical (unpaired) electrons. The summed E-state index contributed by atoms with van der Waals surface area (Å²) in [5.41, 5.74) is 1.07. The summed E-state index contributed by atoms with van der Waals surface area (Å²) in [5.74, 6) is 2.09. The van der Waals surface area contributed by atoms with Crippen LogP contribution in [0.15, 0.2) is 16.5 Å². The molecule has 0 bridgehead atoms. The number of benzene rings is 1. The predicted molar refractivity (Wildman–Crippen MR) is 76.6 cm³/mol. The first-order valence-electron chi connectivity index (χ1n) is 5.48. The second-order valence-corrected chi connectivity index (χ2v) is 6.33. The smallest absolute Gasteiger partial charge is 0.231 e. The average molecular weight is 316 g/mol. The molecule has 100 valence electrons. The molecule has 2 heterocycles. The number of thioether (sulfide) groups is 1. The van der Waals surface area contributed by atoms with Crippen molar-refractivity contribution >= 4 is 39.8 Å². The van der Waals surface area contributed by atoms with E-state index in [2.05, 4.69) is 15.5 Å². The van der Waals surface area contributed by atoms with Crippen LogP contribution in [0.3, 0.4) is 0 Å². The Labute approximate surface area is 123 Å². The Morgan fingerprint density at radius 3 is 3.11 bits per heavy atom. The van der Waals surface area contributed by atoms with Gasteiger partial charge in [0.25, 0.3) is 0 Å². The fourth-order valence-electron chi connectivity index (χ4n) is 1.62. The van der Waals surface area contributed by atoms with Gasteiger partial charge < -0.3 is 14.8 Å². The number of fused-ring (bicyclic) bond motifs is 1. The molecule has 0 saturated heterocycles. The molecule has 1 aliphatic heterocycles. The van der Waals surface area contributed by atoms with Gasteiger partial charge >= 0.3 is 0 Å². The molecule has 0 spiro atoms. The van der Waals surface area contributed by atoms with Crippen LogP contribution in [0.2, 0.25) is 5.02 Å². The molecule has 0 amide bonds. The summed E-state index contributed by atoms with van der Waals surface area (Å²) < 4.78 is 11.5. The highest BCUT2D eigenvalue weighted by molar-refractivity contribution is 8.00. The lowest BCUT2D eigenvalue weighted by atomic mass is 10.2. The van der Waals surface area contributed by atoms with E-state index in [1.807, 2.05) is 19.2 Å². The number of nitrogens with zero attached hydrogens (tertiary/aromatic N) is 2. The van der Waals surface area contributed by atoms with Crippen molar-refractivity contribution < 1.29 is 9.47 Å². The van der Waals surface area contributed by atoms with Crippen molar-refractivity contribution in [1.82, 2.24) is 10.2 Å². The maximum Gasteiger partial charge on any atom is 0.231 e. The van der Waals surface area contributed by atoms with Crippen LogP contribution in [0.25, 0.3) is 0 Å². The zero-order chi connectivity index (χ0) is 13.2. The highest BCUT2D eigenvalue weighted by Crippen LogP contribution is 2.41. The molecular weight excluding hydrogens is 306 g/mol. The number of anilines is 1. The van der Waals surface area contributed by atoms with Crippen LogP contribution < -0.4 is 14.8 Å². The van der Waals surface area contributed by atoms with Gasteiger partial charge in [-0.05, 0) is 17.7 Å². The van der Waals surface area contributed by atoms with Crippen molar-refractivity contribution in [3.63, 3.8) is 0 Å². The lowest BCUT2D eigenvalue weighted by molar-refractivity contribution is 0.174. The summed E-state index contributed by atoms with van der Waals surface area (Å²) in [5, 5.41) is 12.4. The lowest BCUT2D eigenvalue weighted by Gasteiger charge is -2.03. The monoisotopic (exact) mass is 315 g/mol. The Morgan fingerprint density at radius 2 is 2.32 bits per heavy atom. The standard InChI is InChI=1S/C11H10ClN3O2S2/c1-13-10-14-15-11(19-10)18-4-6-2-7(12)9-8(3-6)16-5-17-9/h2-3H,4-5H2,1H3,(H,13,14). The van der Waals surface area contributed by atoms with Gasteiger partial charge in [-0.15, -0.1) is 10.2 Å². The summed E-state index contributed by atoms with van der Waals surface area (Å²) in [4.78, 5) is 0. The van der Waals surface area contributed by atoms with Crippen molar-refractivity contribution in [1.29, 1.82) is 0 Å². The Hall–Kier alpha value is -1.18. The van der Waals surface area contributed by atoms with Crippen LogP contribution in [-0.4, -0.2) is 24.0 Å². The summed E-state index contributed by atoms with van der Waals surface area (Å²) in [6.07, 6.45) is 0. The lowest BCUT2D eigenvalue weighted by Crippen LogP contribution is -1.93. The Bertz CT molecular complexity index is 606. The Kier molecular flexibility index (Phi) is 3.67. The van der Waals surface area contributed by atoms with Crippen LogP contribution in [0.4, 0.5) is 5.13 Å². The average Bonchev–Trinajstić information content (AvgIpc) is 3.05. The Morgan fingerprint density at radius 1 is 1.42 bits per heavy atom. The number of aromatic nitrogens is 2. The zero-order valence-electron chi connectivity index (χ0n) is 9.97. The Balaban J connectivity index is 1.72. The van der Waals surface area contributed by atoms with Crippen LogP contribution in [0, 0.1) is 0 Å². The molecule has 0 fully saturated rings. The normalized spacial score (nSPS) is 12.7. The maximum absolute atomic E-state index is 6.13. The molecule has 8 heteroatoms. The number of halogens is 1. The number of ether oxygens (including phenoxy) is 2. The topological polar surface area (TPSA) is 56.3 Å². The van der Waals surface area contributed by atoms with Gasteiger partial charge in [0.05, 0.1) is 5.02 Å². The number of hydrogen-bond donors (Lipinski definition) is 1. The van der Waals surface area contributed by atoms with E-state index in [9.17, 15) is 0 Å². The first kappa shape index (κ1) is 12.8. The molecule has 3 rings (SSSR count). The largest absolute Gasteiger partial charge is 0.454 e. The maximum atomic E-state index is 6.13. The van der Waals surface area contributed by atoms with E-state index in [1.54, 1.807) is 11.8 Å². The van der Waals surface area contributed by atoms with E-state index in [4.69, 9.17) is 21.1 Å². The fraction of sp³-hybridized carbons (Fsp3) is 0.273. The predicted octanol–water partition coefficient (Wildman–Crippen LogP) is 3.25. The molecule has 1 aromatic carbocycles. The van der Waals surface area contributed by atoms with Crippen molar-refractivity contribution in [2.24, 2.45) is 0 Å². The van der Waals surface area contributed by atoms with Gasteiger partial charge in [-0.25, -0.2) is 0 Å².